The van der Waals surface area contributed by atoms with Crippen LogP contribution in [0.3, 0.4) is 0 Å². The monoisotopic (exact) mass is 590 g/mol. The zero-order chi connectivity index (χ0) is 31.2. The second-order valence-electron chi connectivity index (χ2n) is 9.65. The van der Waals surface area contributed by atoms with Crippen molar-refractivity contribution in [2.75, 3.05) is 0 Å². The molecule has 202 valence electrons. The first kappa shape index (κ1) is 26.6. The van der Waals surface area contributed by atoms with E-state index in [0.29, 0.717) is 54.8 Å². The SMILES string of the molecule is [C-]#[N+]/C(C#N)=C1/c2cc(-c3nccc(C#N)n3)ccc2-c2c1sc1c2-c2ccc(-c3nccc([N+]#[C-])n3)cc2/C1=C(/C#N)[N+]#[C-]. The molecular weight excluding hydrogens is 581 g/mol. The highest BCUT2D eigenvalue weighted by molar-refractivity contribution is 7.16. The van der Waals surface area contributed by atoms with Gasteiger partial charge in [-0.2, -0.15) is 5.26 Å². The van der Waals surface area contributed by atoms with Crippen molar-refractivity contribution >= 4 is 28.3 Å². The molecule has 0 saturated heterocycles. The largest absolute Gasteiger partial charge is 0.361 e. The van der Waals surface area contributed by atoms with E-state index in [1.54, 1.807) is 0 Å². The third kappa shape index (κ3) is 3.89. The molecular formula is C34H10N10S. The van der Waals surface area contributed by atoms with E-state index in [-0.39, 0.29) is 22.9 Å². The third-order valence-corrected chi connectivity index (χ3v) is 8.65. The van der Waals surface area contributed by atoms with Crippen molar-refractivity contribution in [2.24, 2.45) is 0 Å². The van der Waals surface area contributed by atoms with Crippen molar-refractivity contribution in [3.05, 3.63) is 133 Å². The topological polar surface area (TPSA) is 136 Å². The minimum atomic E-state index is -0.0950. The van der Waals surface area contributed by atoms with Gasteiger partial charge in [0.1, 0.15) is 11.8 Å². The van der Waals surface area contributed by atoms with Gasteiger partial charge in [-0.05, 0) is 52.6 Å². The quantitative estimate of drug-likeness (QED) is 0.151. The first-order valence-electron chi connectivity index (χ1n) is 13.0. The van der Waals surface area contributed by atoms with Gasteiger partial charge in [-0.3, -0.25) is 0 Å². The first-order chi connectivity index (χ1) is 22.0. The minimum Gasteiger partial charge on any atom is -0.361 e. The Kier molecular flexibility index (Phi) is 6.04. The van der Waals surface area contributed by atoms with Gasteiger partial charge >= 0.3 is 0 Å². The molecule has 0 bridgehead atoms. The van der Waals surface area contributed by atoms with Crippen LogP contribution in [0.4, 0.5) is 5.82 Å². The van der Waals surface area contributed by atoms with Crippen LogP contribution in [0.2, 0.25) is 0 Å². The van der Waals surface area contributed by atoms with E-state index in [2.05, 4.69) is 34.5 Å². The van der Waals surface area contributed by atoms with Crippen LogP contribution < -0.4 is 0 Å². The highest BCUT2D eigenvalue weighted by Crippen LogP contribution is 2.61. The summed E-state index contributed by atoms with van der Waals surface area (Å²) in [5.74, 6) is 0.871. The molecule has 3 heterocycles. The average molecular weight is 591 g/mol. The highest BCUT2D eigenvalue weighted by Gasteiger charge is 2.39. The molecule has 45 heavy (non-hydrogen) atoms. The molecule has 10 nitrogen and oxygen atoms in total. The maximum Gasteiger partial charge on any atom is 0.273 e. The molecule has 11 heteroatoms. The number of hydrogen-bond donors (Lipinski definition) is 0. The number of nitrogens with zero attached hydrogens (tertiary/aromatic N) is 10. The van der Waals surface area contributed by atoms with Gasteiger partial charge in [0.05, 0.1) is 25.3 Å². The number of allylic oxidation sites excluding steroid dienone is 2. The van der Waals surface area contributed by atoms with Gasteiger partial charge in [0.2, 0.25) is 0 Å². The molecule has 2 aromatic carbocycles. The molecule has 7 rings (SSSR count). The molecule has 0 saturated carbocycles. The summed E-state index contributed by atoms with van der Waals surface area (Å²) in [4.78, 5) is 29.1. The van der Waals surface area contributed by atoms with Crippen molar-refractivity contribution in [1.29, 1.82) is 15.8 Å². The number of nitriles is 3. The Morgan fingerprint density at radius 2 is 1.20 bits per heavy atom. The summed E-state index contributed by atoms with van der Waals surface area (Å²) in [6.45, 7) is 22.9. The molecule has 2 aliphatic carbocycles. The van der Waals surface area contributed by atoms with Gasteiger partial charge in [0.25, 0.3) is 23.0 Å². The lowest BCUT2D eigenvalue weighted by Gasteiger charge is -2.08. The molecule has 0 radical (unpaired) electrons. The predicted octanol–water partition coefficient (Wildman–Crippen LogP) is 7.45. The maximum absolute atomic E-state index is 9.99. The van der Waals surface area contributed by atoms with Crippen LogP contribution in [-0.4, -0.2) is 19.9 Å². The fourth-order valence-corrected chi connectivity index (χ4v) is 7.06. The van der Waals surface area contributed by atoms with E-state index < -0.39 is 0 Å². The Morgan fingerprint density at radius 1 is 0.667 bits per heavy atom. The number of hydrogen-bond acceptors (Lipinski definition) is 8. The summed E-state index contributed by atoms with van der Waals surface area (Å²) in [5, 5.41) is 29.3. The van der Waals surface area contributed by atoms with Crippen LogP contribution in [0.1, 0.15) is 26.6 Å². The van der Waals surface area contributed by atoms with Gasteiger partial charge in [-0.15, -0.1) is 11.3 Å². The van der Waals surface area contributed by atoms with Crippen molar-refractivity contribution in [2.45, 2.75) is 0 Å². The highest BCUT2D eigenvalue weighted by atomic mass is 32.1. The van der Waals surface area contributed by atoms with Crippen LogP contribution in [-0.2, 0) is 0 Å². The third-order valence-electron chi connectivity index (χ3n) is 7.43. The molecule has 0 N–H and O–H groups in total. The lowest BCUT2D eigenvalue weighted by Crippen LogP contribution is -1.93. The zero-order valence-corrected chi connectivity index (χ0v) is 23.5. The standard InChI is InChI=1S/C34H10N10S/c1-38-24(15-36)27-22-12-17(33-41-10-8-19(14-35)43-33)4-6-20(22)29-30-21-7-5-18(34-42-11-9-26(40-3)44-34)13-23(21)28(25(16-37)39-2)32(30)45-31(27)29/h4-13H/b27-24-,28-25+. The second kappa shape index (κ2) is 10.2. The Bertz CT molecular complexity index is 2300. The van der Waals surface area contributed by atoms with Crippen molar-refractivity contribution < 1.29 is 0 Å². The number of aromatic nitrogens is 4. The average Bonchev–Trinajstić information content (AvgIpc) is 3.72. The first-order valence-corrected chi connectivity index (χ1v) is 13.8. The summed E-state index contributed by atoms with van der Waals surface area (Å²) >= 11 is 1.32. The summed E-state index contributed by atoms with van der Waals surface area (Å²) in [7, 11) is 0. The van der Waals surface area contributed by atoms with Gasteiger partial charge in [-0.1, -0.05) is 29.8 Å². The fourth-order valence-electron chi connectivity index (χ4n) is 5.61. The van der Waals surface area contributed by atoms with E-state index in [1.807, 2.05) is 54.6 Å². The molecule has 0 amide bonds. The number of thiophene rings is 1. The Balaban J connectivity index is 1.51. The Hall–Kier alpha value is -7.28. The molecule has 0 unspecified atom stereocenters. The molecule has 0 atom stereocenters. The van der Waals surface area contributed by atoms with Crippen LogP contribution >= 0.6 is 11.3 Å². The molecule has 3 aromatic heterocycles. The van der Waals surface area contributed by atoms with E-state index in [0.717, 1.165) is 22.3 Å². The second-order valence-corrected chi connectivity index (χ2v) is 10.7. The minimum absolute atomic E-state index is 0.0933. The number of benzene rings is 2. The smallest absolute Gasteiger partial charge is 0.273 e. The molecule has 0 aliphatic heterocycles. The molecule has 2 aliphatic rings. The van der Waals surface area contributed by atoms with Crippen LogP contribution in [0, 0.1) is 53.7 Å². The lowest BCUT2D eigenvalue weighted by atomic mass is 9.96. The van der Waals surface area contributed by atoms with Gasteiger partial charge in [0, 0.05) is 55.5 Å². The van der Waals surface area contributed by atoms with Crippen molar-refractivity contribution in [1.82, 2.24) is 19.9 Å². The summed E-state index contributed by atoms with van der Waals surface area (Å²) in [5.41, 5.74) is 6.64. The number of fused-ring (bicyclic) bond motifs is 7. The van der Waals surface area contributed by atoms with Gasteiger partial charge < -0.3 is 4.85 Å². The van der Waals surface area contributed by atoms with E-state index in [1.165, 1.54) is 35.9 Å². The predicted molar refractivity (Wildman–Crippen MR) is 165 cm³/mol. The molecule has 5 aromatic rings. The molecule has 0 fully saturated rings. The fraction of sp³-hybridized carbons (Fsp3) is 0. The summed E-state index contributed by atoms with van der Waals surface area (Å²) in [6, 6.07) is 20.2. The Morgan fingerprint density at radius 3 is 1.69 bits per heavy atom. The van der Waals surface area contributed by atoms with Crippen LogP contribution in [0.15, 0.2) is 72.3 Å². The van der Waals surface area contributed by atoms with Gasteiger partial charge in [0.15, 0.2) is 5.82 Å². The van der Waals surface area contributed by atoms with Crippen molar-refractivity contribution in [3.8, 4) is 63.2 Å². The van der Waals surface area contributed by atoms with Crippen LogP contribution in [0.25, 0.3) is 70.7 Å². The van der Waals surface area contributed by atoms with E-state index in [9.17, 15) is 15.8 Å². The van der Waals surface area contributed by atoms with Gasteiger partial charge in [-0.25, -0.2) is 35.2 Å². The number of rotatable bonds is 2. The van der Waals surface area contributed by atoms with E-state index >= 15 is 0 Å². The van der Waals surface area contributed by atoms with E-state index in [4.69, 9.17) is 19.7 Å². The normalized spacial score (nSPS) is 13.7. The zero-order valence-electron chi connectivity index (χ0n) is 22.7. The summed E-state index contributed by atoms with van der Waals surface area (Å²) in [6.07, 6.45) is 3.01. The Labute approximate surface area is 259 Å². The van der Waals surface area contributed by atoms with Crippen LogP contribution in [0.5, 0.6) is 0 Å². The molecule has 0 spiro atoms. The van der Waals surface area contributed by atoms with Crippen molar-refractivity contribution in [3.63, 3.8) is 0 Å². The summed E-state index contributed by atoms with van der Waals surface area (Å²) < 4.78 is 0. The lowest BCUT2D eigenvalue weighted by molar-refractivity contribution is 1.15. The maximum atomic E-state index is 9.99.